The molecule has 2 aromatic carbocycles. The van der Waals surface area contributed by atoms with Crippen LogP contribution in [0.1, 0.15) is 0 Å². The van der Waals surface area contributed by atoms with Gasteiger partial charge >= 0.3 is 5.69 Å². The molecule has 4 rings (SSSR count). The van der Waals surface area contributed by atoms with Crippen LogP contribution in [0.5, 0.6) is 5.75 Å². The number of fused-ring (bicyclic) bond motifs is 1. The Balaban J connectivity index is 2.25. The topological polar surface area (TPSA) is 71.1 Å². The molecule has 2 heterocycles. The first-order chi connectivity index (χ1) is 13.0. The van der Waals surface area contributed by atoms with Gasteiger partial charge in [-0.3, -0.25) is 18.5 Å². The quantitative estimate of drug-likeness (QED) is 0.560. The number of hydrogen-bond acceptors (Lipinski definition) is 4. The second-order valence-corrected chi connectivity index (χ2v) is 6.19. The zero-order valence-corrected chi connectivity index (χ0v) is 15.2. The molecule has 0 amide bonds. The molecule has 0 bridgehead atoms. The van der Waals surface area contributed by atoms with E-state index in [2.05, 4.69) is 4.98 Å². The van der Waals surface area contributed by atoms with Gasteiger partial charge in [-0.05, 0) is 12.1 Å². The molecule has 0 saturated carbocycles. The van der Waals surface area contributed by atoms with Crippen molar-refractivity contribution in [1.82, 2.24) is 18.7 Å². The number of para-hydroxylation sites is 2. The van der Waals surface area contributed by atoms with Gasteiger partial charge in [0, 0.05) is 19.7 Å². The molecular formula is C20H18N4O3. The van der Waals surface area contributed by atoms with Gasteiger partial charge in [-0.25, -0.2) is 9.78 Å². The second-order valence-electron chi connectivity index (χ2n) is 6.19. The Morgan fingerprint density at radius 2 is 1.56 bits per heavy atom. The smallest absolute Gasteiger partial charge is 0.332 e. The van der Waals surface area contributed by atoms with Crippen molar-refractivity contribution in [3.05, 3.63) is 75.4 Å². The van der Waals surface area contributed by atoms with Crippen LogP contribution in [0.25, 0.3) is 28.2 Å². The molecule has 136 valence electrons. The number of benzene rings is 2. The third-order valence-corrected chi connectivity index (χ3v) is 4.62. The lowest BCUT2D eigenvalue weighted by Crippen LogP contribution is -2.37. The summed E-state index contributed by atoms with van der Waals surface area (Å²) in [5, 5.41) is 0. The van der Waals surface area contributed by atoms with Crippen LogP contribution >= 0.6 is 0 Å². The van der Waals surface area contributed by atoms with Gasteiger partial charge in [0.1, 0.15) is 11.6 Å². The minimum absolute atomic E-state index is 0.322. The second kappa shape index (κ2) is 6.28. The summed E-state index contributed by atoms with van der Waals surface area (Å²) in [6.07, 6.45) is 0. The largest absolute Gasteiger partial charge is 0.495 e. The highest BCUT2D eigenvalue weighted by Gasteiger charge is 2.22. The van der Waals surface area contributed by atoms with E-state index in [9.17, 15) is 9.59 Å². The number of nitrogens with zero attached hydrogens (tertiary/aromatic N) is 4. The highest BCUT2D eigenvalue weighted by Crippen LogP contribution is 2.31. The van der Waals surface area contributed by atoms with E-state index >= 15 is 0 Å². The monoisotopic (exact) mass is 362 g/mol. The number of ether oxygens (including phenoxy) is 1. The molecule has 0 fully saturated rings. The molecule has 0 aliphatic rings. The predicted octanol–water partition coefficient (Wildman–Crippen LogP) is 2.10. The Kier molecular flexibility index (Phi) is 3.92. The number of hydrogen-bond donors (Lipinski definition) is 0. The summed E-state index contributed by atoms with van der Waals surface area (Å²) in [5.41, 5.74) is 1.33. The zero-order valence-electron chi connectivity index (χ0n) is 15.2. The summed E-state index contributed by atoms with van der Waals surface area (Å²) in [6, 6.07) is 16.9. The minimum Gasteiger partial charge on any atom is -0.495 e. The van der Waals surface area contributed by atoms with Crippen LogP contribution in [0.3, 0.4) is 0 Å². The third kappa shape index (κ3) is 2.47. The van der Waals surface area contributed by atoms with Gasteiger partial charge in [-0.15, -0.1) is 0 Å². The van der Waals surface area contributed by atoms with E-state index in [1.807, 2.05) is 54.6 Å². The van der Waals surface area contributed by atoms with Crippen molar-refractivity contribution in [2.75, 3.05) is 7.11 Å². The molecule has 4 aromatic rings. The Bertz CT molecular complexity index is 1270. The lowest BCUT2D eigenvalue weighted by Gasteiger charge is -2.13. The summed E-state index contributed by atoms with van der Waals surface area (Å²) in [4.78, 5) is 30.0. The van der Waals surface area contributed by atoms with E-state index in [-0.39, 0.29) is 0 Å². The molecule has 0 aliphatic heterocycles. The molecule has 0 unspecified atom stereocenters. The van der Waals surface area contributed by atoms with Crippen molar-refractivity contribution in [3.8, 4) is 22.8 Å². The van der Waals surface area contributed by atoms with Crippen molar-refractivity contribution >= 4 is 11.2 Å². The summed E-state index contributed by atoms with van der Waals surface area (Å²) in [6.45, 7) is 0. The Hall–Kier alpha value is -3.61. The van der Waals surface area contributed by atoms with E-state index < -0.39 is 11.2 Å². The highest BCUT2D eigenvalue weighted by atomic mass is 16.5. The van der Waals surface area contributed by atoms with E-state index in [1.165, 1.54) is 11.6 Å². The van der Waals surface area contributed by atoms with E-state index in [0.29, 0.717) is 28.4 Å². The van der Waals surface area contributed by atoms with Gasteiger partial charge in [0.05, 0.1) is 12.8 Å². The predicted molar refractivity (Wildman–Crippen MR) is 104 cm³/mol. The van der Waals surface area contributed by atoms with E-state index in [0.717, 1.165) is 10.1 Å². The average Bonchev–Trinajstić information content (AvgIpc) is 3.12. The standard InChI is InChI=1S/C20H18N4O3/c1-22-18-16(19(25)23(2)20(22)26)24(14-11-7-8-12-15(14)27-3)17(21-18)13-9-5-4-6-10-13/h4-12H,1-3H3. The third-order valence-electron chi connectivity index (χ3n) is 4.62. The van der Waals surface area contributed by atoms with Crippen LogP contribution in [-0.4, -0.2) is 25.8 Å². The molecule has 27 heavy (non-hydrogen) atoms. The number of imidazole rings is 1. The molecule has 7 heteroatoms. The normalized spacial score (nSPS) is 11.1. The van der Waals surface area contributed by atoms with Crippen LogP contribution in [0.2, 0.25) is 0 Å². The first kappa shape index (κ1) is 16.8. The van der Waals surface area contributed by atoms with Crippen LogP contribution in [0, 0.1) is 0 Å². The summed E-state index contributed by atoms with van der Waals surface area (Å²) >= 11 is 0. The first-order valence-corrected chi connectivity index (χ1v) is 8.42. The molecular weight excluding hydrogens is 344 g/mol. The molecule has 7 nitrogen and oxygen atoms in total. The molecule has 0 spiro atoms. The zero-order chi connectivity index (χ0) is 19.1. The number of aryl methyl sites for hydroxylation is 1. The van der Waals surface area contributed by atoms with Crippen molar-refractivity contribution < 1.29 is 4.74 Å². The van der Waals surface area contributed by atoms with Gasteiger partial charge in [-0.2, -0.15) is 0 Å². The fourth-order valence-corrected chi connectivity index (χ4v) is 3.23. The van der Waals surface area contributed by atoms with E-state index in [1.54, 1.807) is 18.7 Å². The van der Waals surface area contributed by atoms with Gasteiger partial charge in [0.15, 0.2) is 11.2 Å². The Morgan fingerprint density at radius 3 is 2.26 bits per heavy atom. The SMILES string of the molecule is COc1ccccc1-n1c(-c2ccccc2)nc2c1c(=O)n(C)c(=O)n2C. The fraction of sp³-hybridized carbons (Fsp3) is 0.150. The maximum Gasteiger partial charge on any atom is 0.332 e. The number of methoxy groups -OCH3 is 1. The van der Waals surface area contributed by atoms with E-state index in [4.69, 9.17) is 4.74 Å². The minimum atomic E-state index is -0.420. The molecule has 0 saturated heterocycles. The van der Waals surface area contributed by atoms with Gasteiger partial charge in [0.2, 0.25) is 0 Å². The van der Waals surface area contributed by atoms with Crippen molar-refractivity contribution in [2.24, 2.45) is 14.1 Å². The molecule has 2 aromatic heterocycles. The molecule has 0 N–H and O–H groups in total. The Morgan fingerprint density at radius 1 is 0.889 bits per heavy atom. The molecule has 0 radical (unpaired) electrons. The first-order valence-electron chi connectivity index (χ1n) is 8.42. The lowest BCUT2D eigenvalue weighted by atomic mass is 10.2. The average molecular weight is 362 g/mol. The summed E-state index contributed by atoms with van der Waals surface area (Å²) in [5.74, 6) is 1.17. The van der Waals surface area contributed by atoms with Gasteiger partial charge < -0.3 is 4.74 Å². The van der Waals surface area contributed by atoms with Crippen molar-refractivity contribution in [3.63, 3.8) is 0 Å². The fourth-order valence-electron chi connectivity index (χ4n) is 3.23. The van der Waals surface area contributed by atoms with Gasteiger partial charge in [-0.1, -0.05) is 42.5 Å². The van der Waals surface area contributed by atoms with Crippen LogP contribution in [0.4, 0.5) is 0 Å². The van der Waals surface area contributed by atoms with Crippen molar-refractivity contribution in [2.45, 2.75) is 0 Å². The Labute approximate surface area is 154 Å². The highest BCUT2D eigenvalue weighted by molar-refractivity contribution is 5.81. The maximum absolute atomic E-state index is 13.0. The van der Waals surface area contributed by atoms with Crippen LogP contribution in [0.15, 0.2) is 64.2 Å². The summed E-state index contributed by atoms with van der Waals surface area (Å²) < 4.78 is 9.73. The molecule has 0 aliphatic carbocycles. The van der Waals surface area contributed by atoms with Crippen LogP contribution in [-0.2, 0) is 14.1 Å². The van der Waals surface area contributed by atoms with Gasteiger partial charge in [0.25, 0.3) is 5.56 Å². The number of rotatable bonds is 3. The lowest BCUT2D eigenvalue weighted by molar-refractivity contribution is 0.413. The molecule has 0 atom stereocenters. The maximum atomic E-state index is 13.0. The van der Waals surface area contributed by atoms with Crippen LogP contribution < -0.4 is 16.0 Å². The summed E-state index contributed by atoms with van der Waals surface area (Å²) in [7, 11) is 4.65. The number of aromatic nitrogens is 4. The van der Waals surface area contributed by atoms with Crippen molar-refractivity contribution in [1.29, 1.82) is 0 Å².